The fraction of sp³-hybridized carbons (Fsp3) is 0.500. The maximum Gasteiger partial charge on any atom is 0.317 e. The van der Waals surface area contributed by atoms with Crippen LogP contribution in [-0.4, -0.2) is 44.5 Å². The van der Waals surface area contributed by atoms with Gasteiger partial charge in [-0.15, -0.1) is 10.2 Å². The van der Waals surface area contributed by atoms with Gasteiger partial charge in [0, 0.05) is 12.6 Å². The van der Waals surface area contributed by atoms with Gasteiger partial charge in [-0.05, 0) is 38.8 Å². The predicted octanol–water partition coefficient (Wildman–Crippen LogP) is 1.86. The van der Waals surface area contributed by atoms with E-state index in [4.69, 9.17) is 9.15 Å². The summed E-state index contributed by atoms with van der Waals surface area (Å²) in [4.78, 5) is 23.8. The summed E-state index contributed by atoms with van der Waals surface area (Å²) in [5.41, 5.74) is 0. The second kappa shape index (κ2) is 7.73. The normalized spacial score (nSPS) is 15.0. The fourth-order valence-electron chi connectivity index (χ4n) is 2.22. The highest BCUT2D eigenvalue weighted by molar-refractivity contribution is 7.99. The van der Waals surface area contributed by atoms with Crippen molar-refractivity contribution in [2.24, 2.45) is 0 Å². The first-order valence-electron chi connectivity index (χ1n) is 8.18. The molecule has 9 heteroatoms. The van der Waals surface area contributed by atoms with Crippen molar-refractivity contribution >= 4 is 23.6 Å². The Bertz CT molecular complexity index is 739. The van der Waals surface area contributed by atoms with E-state index in [0.717, 1.165) is 12.8 Å². The second-order valence-electron chi connectivity index (χ2n) is 5.73. The Morgan fingerprint density at radius 3 is 2.92 bits per heavy atom. The summed E-state index contributed by atoms with van der Waals surface area (Å²) in [5, 5.41) is 11.6. The standard InChI is InChI=1S/C16H20N4O4S/c1-3-20-14(12-5-4-8-23-12)18-19-16(20)25-9-13(21)24-10(2)15(22)17-11-6-7-11/h4-5,8,10-11H,3,6-7,9H2,1-2H3,(H,17,22). The van der Waals surface area contributed by atoms with Crippen molar-refractivity contribution in [2.45, 2.75) is 50.5 Å². The van der Waals surface area contributed by atoms with Gasteiger partial charge in [0.25, 0.3) is 5.91 Å². The minimum atomic E-state index is -0.795. The lowest BCUT2D eigenvalue weighted by Crippen LogP contribution is -2.37. The van der Waals surface area contributed by atoms with E-state index in [2.05, 4.69) is 15.5 Å². The highest BCUT2D eigenvalue weighted by Crippen LogP contribution is 2.24. The molecule has 1 saturated carbocycles. The van der Waals surface area contributed by atoms with Gasteiger partial charge in [-0.3, -0.25) is 14.2 Å². The van der Waals surface area contributed by atoms with Crippen molar-refractivity contribution < 1.29 is 18.7 Å². The summed E-state index contributed by atoms with van der Waals surface area (Å²) in [6.07, 6.45) is 2.76. The number of furan rings is 1. The molecule has 25 heavy (non-hydrogen) atoms. The van der Waals surface area contributed by atoms with Crippen molar-refractivity contribution in [3.05, 3.63) is 18.4 Å². The van der Waals surface area contributed by atoms with Crippen LogP contribution in [0.15, 0.2) is 28.0 Å². The molecule has 1 aliphatic carbocycles. The largest absolute Gasteiger partial charge is 0.461 e. The van der Waals surface area contributed by atoms with Crippen LogP contribution in [0, 0.1) is 0 Å². The summed E-state index contributed by atoms with van der Waals surface area (Å²) >= 11 is 1.22. The summed E-state index contributed by atoms with van der Waals surface area (Å²) in [5.74, 6) is 0.568. The monoisotopic (exact) mass is 364 g/mol. The zero-order valence-corrected chi connectivity index (χ0v) is 14.9. The number of aromatic nitrogens is 3. The first kappa shape index (κ1) is 17.5. The third-order valence-corrected chi connectivity index (χ3v) is 4.64. The molecule has 0 saturated heterocycles. The number of carbonyl (C=O) groups is 2. The molecule has 1 N–H and O–H groups in total. The number of rotatable bonds is 8. The average Bonchev–Trinajstić information content (AvgIpc) is 3.10. The van der Waals surface area contributed by atoms with Crippen molar-refractivity contribution in [1.29, 1.82) is 0 Å². The van der Waals surface area contributed by atoms with Gasteiger partial charge in [-0.2, -0.15) is 0 Å². The molecule has 0 aliphatic heterocycles. The number of amides is 1. The molecule has 0 bridgehead atoms. The summed E-state index contributed by atoms with van der Waals surface area (Å²) < 4.78 is 12.4. The van der Waals surface area contributed by atoms with Gasteiger partial charge < -0.3 is 14.5 Å². The predicted molar refractivity (Wildman–Crippen MR) is 90.8 cm³/mol. The van der Waals surface area contributed by atoms with E-state index in [-0.39, 0.29) is 17.7 Å². The van der Waals surface area contributed by atoms with Gasteiger partial charge >= 0.3 is 5.97 Å². The molecule has 1 atom stereocenters. The molecular weight excluding hydrogens is 344 g/mol. The van der Waals surface area contributed by atoms with Crippen LogP contribution in [0.2, 0.25) is 0 Å². The van der Waals surface area contributed by atoms with Gasteiger partial charge in [0.2, 0.25) is 0 Å². The Hall–Kier alpha value is -2.29. The molecule has 1 unspecified atom stereocenters. The van der Waals surface area contributed by atoms with Gasteiger partial charge in [0.1, 0.15) is 0 Å². The first-order valence-corrected chi connectivity index (χ1v) is 9.16. The Morgan fingerprint density at radius 1 is 1.48 bits per heavy atom. The molecule has 134 valence electrons. The molecule has 1 fully saturated rings. The van der Waals surface area contributed by atoms with E-state index < -0.39 is 12.1 Å². The molecule has 1 aliphatic rings. The smallest absolute Gasteiger partial charge is 0.317 e. The number of esters is 1. The summed E-state index contributed by atoms with van der Waals surface area (Å²) in [7, 11) is 0. The molecule has 8 nitrogen and oxygen atoms in total. The Morgan fingerprint density at radius 2 is 2.28 bits per heavy atom. The van der Waals surface area contributed by atoms with Crippen LogP contribution >= 0.6 is 11.8 Å². The van der Waals surface area contributed by atoms with Gasteiger partial charge in [-0.1, -0.05) is 11.8 Å². The molecule has 2 aromatic heterocycles. The maximum absolute atomic E-state index is 12.0. The number of thioether (sulfide) groups is 1. The SMILES string of the molecule is CCn1c(SCC(=O)OC(C)C(=O)NC2CC2)nnc1-c1ccco1. The minimum Gasteiger partial charge on any atom is -0.461 e. The van der Waals surface area contributed by atoms with Crippen molar-refractivity contribution in [3.8, 4) is 11.6 Å². The van der Waals surface area contributed by atoms with Crippen LogP contribution in [0.25, 0.3) is 11.6 Å². The highest BCUT2D eigenvalue weighted by atomic mass is 32.2. The van der Waals surface area contributed by atoms with E-state index in [0.29, 0.717) is 23.3 Å². The van der Waals surface area contributed by atoms with Crippen LogP contribution in [0.4, 0.5) is 0 Å². The van der Waals surface area contributed by atoms with Crippen LogP contribution in [0.3, 0.4) is 0 Å². The summed E-state index contributed by atoms with van der Waals surface area (Å²) in [6.45, 7) is 4.17. The van der Waals surface area contributed by atoms with E-state index in [9.17, 15) is 9.59 Å². The maximum atomic E-state index is 12.0. The molecule has 1 amide bonds. The number of nitrogens with zero attached hydrogens (tertiary/aromatic N) is 3. The van der Waals surface area contributed by atoms with E-state index >= 15 is 0 Å². The zero-order chi connectivity index (χ0) is 17.8. The van der Waals surface area contributed by atoms with Crippen LogP contribution in [-0.2, 0) is 20.9 Å². The molecule has 2 aromatic rings. The second-order valence-corrected chi connectivity index (χ2v) is 6.67. The van der Waals surface area contributed by atoms with Crippen LogP contribution < -0.4 is 5.32 Å². The average molecular weight is 364 g/mol. The topological polar surface area (TPSA) is 99.2 Å². The molecule has 3 rings (SSSR count). The molecule has 2 heterocycles. The lowest BCUT2D eigenvalue weighted by atomic mass is 10.3. The lowest BCUT2D eigenvalue weighted by Gasteiger charge is -2.13. The number of carbonyl (C=O) groups excluding carboxylic acids is 2. The van der Waals surface area contributed by atoms with Gasteiger partial charge in [-0.25, -0.2) is 0 Å². The number of ether oxygens (including phenoxy) is 1. The molecule has 0 aromatic carbocycles. The zero-order valence-electron chi connectivity index (χ0n) is 14.1. The fourth-order valence-corrected chi connectivity index (χ4v) is 3.01. The number of hydrogen-bond donors (Lipinski definition) is 1. The number of nitrogens with one attached hydrogen (secondary N) is 1. The lowest BCUT2D eigenvalue weighted by molar-refractivity contribution is -0.152. The van der Waals surface area contributed by atoms with Crippen LogP contribution in [0.5, 0.6) is 0 Å². The first-order chi connectivity index (χ1) is 12.1. The van der Waals surface area contributed by atoms with E-state index in [1.165, 1.54) is 11.8 Å². The Labute approximate surface area is 149 Å². The number of hydrogen-bond acceptors (Lipinski definition) is 7. The third kappa shape index (κ3) is 4.41. The quantitative estimate of drug-likeness (QED) is 0.564. The molecular formula is C16H20N4O4S. The van der Waals surface area contributed by atoms with Gasteiger partial charge in [0.15, 0.2) is 22.8 Å². The third-order valence-electron chi connectivity index (χ3n) is 3.69. The molecule has 0 spiro atoms. The summed E-state index contributed by atoms with van der Waals surface area (Å²) in [6, 6.07) is 3.83. The Kier molecular flexibility index (Phi) is 5.42. The van der Waals surface area contributed by atoms with Crippen molar-refractivity contribution in [2.75, 3.05) is 5.75 Å². The van der Waals surface area contributed by atoms with E-state index in [1.807, 2.05) is 11.5 Å². The van der Waals surface area contributed by atoms with Crippen molar-refractivity contribution in [3.63, 3.8) is 0 Å². The van der Waals surface area contributed by atoms with Gasteiger partial charge in [0.05, 0.1) is 12.0 Å². The minimum absolute atomic E-state index is 0.0529. The van der Waals surface area contributed by atoms with Crippen molar-refractivity contribution in [1.82, 2.24) is 20.1 Å². The Balaban J connectivity index is 1.54. The molecule has 0 radical (unpaired) electrons. The van der Waals surface area contributed by atoms with Crippen LogP contribution in [0.1, 0.15) is 26.7 Å². The van der Waals surface area contributed by atoms with E-state index in [1.54, 1.807) is 25.3 Å². The highest BCUT2D eigenvalue weighted by Gasteiger charge is 2.27.